The van der Waals surface area contributed by atoms with Crippen LogP contribution in [0.3, 0.4) is 0 Å². The third-order valence-electron chi connectivity index (χ3n) is 4.18. The number of rotatable bonds is 2. The first kappa shape index (κ1) is 14.1. The monoisotopic (exact) mass is 262 g/mol. The molecule has 1 unspecified atom stereocenters. The molecule has 1 atom stereocenters. The molecule has 1 aliphatic heterocycles. The smallest absolute Gasteiger partial charge is 0.137 e. The molecule has 2 rings (SSSR count). The second kappa shape index (κ2) is 4.99. The fourth-order valence-electron chi connectivity index (χ4n) is 2.82. The Morgan fingerprint density at radius 3 is 2.42 bits per heavy atom. The van der Waals surface area contributed by atoms with E-state index < -0.39 is 0 Å². The summed E-state index contributed by atoms with van der Waals surface area (Å²) in [5, 5.41) is 3.16. The van der Waals surface area contributed by atoms with Crippen LogP contribution in [0.15, 0.2) is 0 Å². The van der Waals surface area contributed by atoms with Gasteiger partial charge in [-0.3, -0.25) is 0 Å². The van der Waals surface area contributed by atoms with Crippen LogP contribution in [0.25, 0.3) is 0 Å². The van der Waals surface area contributed by atoms with Crippen molar-refractivity contribution < 1.29 is 0 Å². The van der Waals surface area contributed by atoms with Gasteiger partial charge >= 0.3 is 0 Å². The van der Waals surface area contributed by atoms with Gasteiger partial charge in [-0.05, 0) is 31.6 Å². The molecule has 0 aliphatic carbocycles. The van der Waals surface area contributed by atoms with Crippen molar-refractivity contribution in [2.75, 3.05) is 30.4 Å². The molecule has 0 spiro atoms. The van der Waals surface area contributed by atoms with Gasteiger partial charge in [0.2, 0.25) is 0 Å². The number of anilines is 2. The van der Waals surface area contributed by atoms with Crippen molar-refractivity contribution in [3.63, 3.8) is 0 Å². The number of nitrogens with one attached hydrogen (secondary N) is 1. The maximum absolute atomic E-state index is 4.65. The predicted octanol–water partition coefficient (Wildman–Crippen LogP) is 3.01. The van der Waals surface area contributed by atoms with Crippen molar-refractivity contribution in [1.29, 1.82) is 0 Å². The van der Waals surface area contributed by atoms with Gasteiger partial charge in [0, 0.05) is 25.7 Å². The molecule has 1 saturated heterocycles. The predicted molar refractivity (Wildman–Crippen MR) is 80.8 cm³/mol. The molecule has 1 aliphatic rings. The number of nitrogens with zero attached hydrogens (tertiary/aromatic N) is 3. The average Bonchev–Trinajstić information content (AvgIpc) is 2.80. The molecule has 4 nitrogen and oxygen atoms in total. The summed E-state index contributed by atoms with van der Waals surface area (Å²) in [6.45, 7) is 13.3. The first-order valence-electron chi connectivity index (χ1n) is 7.11. The zero-order valence-electron chi connectivity index (χ0n) is 13.0. The Bertz CT molecular complexity index is 462. The van der Waals surface area contributed by atoms with Crippen LogP contribution >= 0.6 is 0 Å². The van der Waals surface area contributed by atoms with Crippen molar-refractivity contribution in [1.82, 2.24) is 9.97 Å². The van der Waals surface area contributed by atoms with Crippen molar-refractivity contribution >= 4 is 11.6 Å². The minimum Gasteiger partial charge on any atom is -0.373 e. The summed E-state index contributed by atoms with van der Waals surface area (Å²) in [4.78, 5) is 11.5. The molecule has 1 N–H and O–H groups in total. The summed E-state index contributed by atoms with van der Waals surface area (Å²) in [7, 11) is 1.92. The molecule has 106 valence electrons. The van der Waals surface area contributed by atoms with E-state index in [0.29, 0.717) is 5.41 Å². The minimum atomic E-state index is 0.372. The number of hydrogen-bond donors (Lipinski definition) is 1. The van der Waals surface area contributed by atoms with Gasteiger partial charge in [0.15, 0.2) is 0 Å². The largest absolute Gasteiger partial charge is 0.373 e. The topological polar surface area (TPSA) is 41.1 Å². The van der Waals surface area contributed by atoms with Gasteiger partial charge in [0.1, 0.15) is 17.5 Å². The van der Waals surface area contributed by atoms with Crippen LogP contribution in [0.4, 0.5) is 11.6 Å². The van der Waals surface area contributed by atoms with Gasteiger partial charge in [-0.15, -0.1) is 0 Å². The van der Waals surface area contributed by atoms with E-state index in [1.807, 2.05) is 14.0 Å². The third kappa shape index (κ3) is 2.82. The lowest BCUT2D eigenvalue weighted by Gasteiger charge is -2.27. The number of aromatic nitrogens is 2. The Morgan fingerprint density at radius 1 is 1.21 bits per heavy atom. The number of hydrogen-bond acceptors (Lipinski definition) is 4. The molecule has 1 aromatic rings. The maximum Gasteiger partial charge on any atom is 0.137 e. The summed E-state index contributed by atoms with van der Waals surface area (Å²) in [5.41, 5.74) is 1.53. The lowest BCUT2D eigenvalue weighted by molar-refractivity contribution is 0.263. The normalized spacial score (nSPS) is 19.9. The molecule has 2 heterocycles. The molecule has 1 aromatic heterocycles. The number of aryl methyl sites for hydroxylation is 1. The fraction of sp³-hybridized carbons (Fsp3) is 0.733. The summed E-state index contributed by atoms with van der Waals surface area (Å²) < 4.78 is 0. The first-order valence-corrected chi connectivity index (χ1v) is 7.11. The lowest BCUT2D eigenvalue weighted by Crippen LogP contribution is -2.27. The zero-order chi connectivity index (χ0) is 14.2. The van der Waals surface area contributed by atoms with E-state index in [2.05, 4.69) is 47.9 Å². The van der Waals surface area contributed by atoms with Gasteiger partial charge in [0.05, 0.1) is 0 Å². The molecule has 0 saturated carbocycles. The molecule has 0 bridgehead atoms. The van der Waals surface area contributed by atoms with Crippen LogP contribution in [0, 0.1) is 25.2 Å². The van der Waals surface area contributed by atoms with Gasteiger partial charge in [0.25, 0.3) is 0 Å². The Morgan fingerprint density at radius 2 is 1.89 bits per heavy atom. The lowest BCUT2D eigenvalue weighted by atomic mass is 9.80. The summed E-state index contributed by atoms with van der Waals surface area (Å²) in [6.07, 6.45) is 1.25. The van der Waals surface area contributed by atoms with Gasteiger partial charge in [-0.2, -0.15) is 0 Å². The molecule has 1 fully saturated rings. The molecular formula is C15H26N4. The van der Waals surface area contributed by atoms with Gasteiger partial charge in [-0.25, -0.2) is 9.97 Å². The Balaban J connectivity index is 2.27. The molecular weight excluding hydrogens is 236 g/mol. The average molecular weight is 262 g/mol. The van der Waals surface area contributed by atoms with Crippen LogP contribution in [-0.2, 0) is 0 Å². The zero-order valence-corrected chi connectivity index (χ0v) is 13.0. The maximum atomic E-state index is 4.65. The molecule has 0 aromatic carbocycles. The Labute approximate surface area is 116 Å². The van der Waals surface area contributed by atoms with Crippen molar-refractivity contribution in [3.8, 4) is 0 Å². The second-order valence-corrected chi connectivity index (χ2v) is 6.62. The highest BCUT2D eigenvalue weighted by Gasteiger charge is 2.33. The van der Waals surface area contributed by atoms with E-state index in [0.717, 1.165) is 42.0 Å². The standard InChI is InChI=1S/C15H26N4/c1-10-13(16-6)17-11(2)18-14(10)19-8-7-12(9-19)15(3,4)5/h12H,7-9H2,1-6H3,(H,16,17,18). The molecule has 0 amide bonds. The highest BCUT2D eigenvalue weighted by molar-refractivity contribution is 5.58. The van der Waals surface area contributed by atoms with Gasteiger partial charge < -0.3 is 10.2 Å². The van der Waals surface area contributed by atoms with Crippen molar-refractivity contribution in [3.05, 3.63) is 11.4 Å². The SMILES string of the molecule is CNc1nc(C)nc(N2CCC(C(C)(C)C)C2)c1C. The molecule has 19 heavy (non-hydrogen) atoms. The minimum absolute atomic E-state index is 0.372. The van der Waals surface area contributed by atoms with Crippen LogP contribution < -0.4 is 10.2 Å². The third-order valence-corrected chi connectivity index (χ3v) is 4.18. The highest BCUT2D eigenvalue weighted by atomic mass is 15.2. The van der Waals surface area contributed by atoms with E-state index in [1.54, 1.807) is 0 Å². The molecule has 0 radical (unpaired) electrons. The van der Waals surface area contributed by atoms with Crippen molar-refractivity contribution in [2.45, 2.75) is 41.0 Å². The van der Waals surface area contributed by atoms with E-state index in [1.165, 1.54) is 6.42 Å². The van der Waals surface area contributed by atoms with E-state index in [-0.39, 0.29) is 0 Å². The molecule has 4 heteroatoms. The van der Waals surface area contributed by atoms with Crippen LogP contribution in [0.2, 0.25) is 0 Å². The summed E-state index contributed by atoms with van der Waals surface area (Å²) in [5.74, 6) is 3.62. The van der Waals surface area contributed by atoms with E-state index in [9.17, 15) is 0 Å². The Hall–Kier alpha value is -1.32. The first-order chi connectivity index (χ1) is 8.82. The quantitative estimate of drug-likeness (QED) is 0.889. The highest BCUT2D eigenvalue weighted by Crippen LogP contribution is 2.36. The van der Waals surface area contributed by atoms with E-state index in [4.69, 9.17) is 0 Å². The summed E-state index contributed by atoms with van der Waals surface area (Å²) in [6, 6.07) is 0. The summed E-state index contributed by atoms with van der Waals surface area (Å²) >= 11 is 0. The van der Waals surface area contributed by atoms with E-state index >= 15 is 0 Å². The van der Waals surface area contributed by atoms with Crippen LogP contribution in [0.5, 0.6) is 0 Å². The van der Waals surface area contributed by atoms with Crippen LogP contribution in [0.1, 0.15) is 38.6 Å². The van der Waals surface area contributed by atoms with Crippen molar-refractivity contribution in [2.24, 2.45) is 11.3 Å². The van der Waals surface area contributed by atoms with Gasteiger partial charge in [-0.1, -0.05) is 20.8 Å². The second-order valence-electron chi connectivity index (χ2n) is 6.62. The Kier molecular flexibility index (Phi) is 3.70. The fourth-order valence-corrected chi connectivity index (χ4v) is 2.82. The van der Waals surface area contributed by atoms with Crippen LogP contribution in [-0.4, -0.2) is 30.1 Å².